The quantitative estimate of drug-likeness (QED) is 0.891. The lowest BCUT2D eigenvalue weighted by molar-refractivity contribution is -0.119. The monoisotopic (exact) mass is 331 g/mol. The van der Waals surface area contributed by atoms with Crippen molar-refractivity contribution in [1.82, 2.24) is 4.90 Å². The van der Waals surface area contributed by atoms with Crippen LogP contribution in [0.4, 0.5) is 5.69 Å². The summed E-state index contributed by atoms with van der Waals surface area (Å²) < 4.78 is 0. The van der Waals surface area contributed by atoms with E-state index in [0.29, 0.717) is 23.1 Å². The van der Waals surface area contributed by atoms with Crippen molar-refractivity contribution in [2.45, 2.75) is 40.2 Å². The predicted molar refractivity (Wildman–Crippen MR) is 96.7 cm³/mol. The summed E-state index contributed by atoms with van der Waals surface area (Å²) in [6, 6.07) is 6.96. The van der Waals surface area contributed by atoms with E-state index in [1.165, 1.54) is 0 Å². The van der Waals surface area contributed by atoms with Crippen LogP contribution in [0.3, 0.4) is 0 Å². The number of hydrogen-bond acceptors (Lipinski definition) is 3. The highest BCUT2D eigenvalue weighted by molar-refractivity contribution is 6.04. The molecule has 1 aromatic rings. The Bertz CT molecular complexity index is 590. The van der Waals surface area contributed by atoms with Crippen LogP contribution in [-0.2, 0) is 4.79 Å². The maximum atomic E-state index is 12.9. The van der Waals surface area contributed by atoms with Gasteiger partial charge in [-0.2, -0.15) is 0 Å². The van der Waals surface area contributed by atoms with E-state index >= 15 is 0 Å². The average Bonchev–Trinajstić information content (AvgIpc) is 2.52. The molecule has 1 aliphatic heterocycles. The molecule has 24 heavy (non-hydrogen) atoms. The molecule has 0 aliphatic carbocycles. The largest absolute Gasteiger partial charge is 0.338 e. The Hall–Kier alpha value is -1.88. The summed E-state index contributed by atoms with van der Waals surface area (Å²) in [5.74, 6) is 0.502. The number of piperidine rings is 1. The normalized spacial score (nSPS) is 23.5. The Morgan fingerprint density at radius 1 is 1.17 bits per heavy atom. The molecule has 2 rings (SSSR count). The molecule has 1 saturated heterocycles. The van der Waals surface area contributed by atoms with Gasteiger partial charge in [-0.3, -0.25) is 9.59 Å². The molecule has 0 bridgehead atoms. The Labute approximate surface area is 144 Å². The van der Waals surface area contributed by atoms with Gasteiger partial charge in [-0.15, -0.1) is 0 Å². The minimum Gasteiger partial charge on any atom is -0.338 e. The van der Waals surface area contributed by atoms with Gasteiger partial charge in [0.25, 0.3) is 5.91 Å². The number of nitrogens with zero attached hydrogens (tertiary/aromatic N) is 1. The number of nitrogens with one attached hydrogen (secondary N) is 1. The van der Waals surface area contributed by atoms with Crippen molar-refractivity contribution >= 4 is 17.5 Å². The van der Waals surface area contributed by atoms with Crippen LogP contribution >= 0.6 is 0 Å². The van der Waals surface area contributed by atoms with Crippen molar-refractivity contribution in [3.8, 4) is 0 Å². The SMILES string of the molecule is CC1CC(C)CN(C(=O)c2ccccc2NC(=O)C(C)C(C)N)C1. The van der Waals surface area contributed by atoms with Gasteiger partial charge < -0.3 is 16.0 Å². The fraction of sp³-hybridized carbons (Fsp3) is 0.579. The number of nitrogens with two attached hydrogens (primary N) is 1. The van der Waals surface area contributed by atoms with Crippen molar-refractivity contribution in [2.24, 2.45) is 23.5 Å². The van der Waals surface area contributed by atoms with Crippen LogP contribution in [0, 0.1) is 17.8 Å². The van der Waals surface area contributed by atoms with Crippen LogP contribution in [0.15, 0.2) is 24.3 Å². The molecule has 0 spiro atoms. The number of hydrogen-bond donors (Lipinski definition) is 2. The molecule has 0 radical (unpaired) electrons. The Balaban J connectivity index is 2.19. The van der Waals surface area contributed by atoms with Crippen LogP contribution < -0.4 is 11.1 Å². The summed E-state index contributed by atoms with van der Waals surface area (Å²) in [5, 5.41) is 2.87. The molecule has 4 unspecified atom stereocenters. The van der Waals surface area contributed by atoms with E-state index in [9.17, 15) is 9.59 Å². The first-order chi connectivity index (χ1) is 11.3. The second-order valence-electron chi connectivity index (χ2n) is 7.34. The minimum atomic E-state index is -0.316. The molecule has 1 aromatic carbocycles. The van der Waals surface area contributed by atoms with Gasteiger partial charge in [0.1, 0.15) is 0 Å². The highest BCUT2D eigenvalue weighted by Gasteiger charge is 2.28. The molecular weight excluding hydrogens is 302 g/mol. The highest BCUT2D eigenvalue weighted by atomic mass is 16.2. The molecule has 0 saturated carbocycles. The zero-order valence-corrected chi connectivity index (χ0v) is 15.1. The maximum absolute atomic E-state index is 12.9. The molecule has 5 heteroatoms. The number of amides is 2. The summed E-state index contributed by atoms with van der Waals surface area (Å²) in [7, 11) is 0. The zero-order valence-electron chi connectivity index (χ0n) is 15.1. The third kappa shape index (κ3) is 4.35. The lowest BCUT2D eigenvalue weighted by Gasteiger charge is -2.35. The maximum Gasteiger partial charge on any atom is 0.255 e. The molecule has 3 N–H and O–H groups in total. The van der Waals surface area contributed by atoms with Crippen molar-refractivity contribution in [2.75, 3.05) is 18.4 Å². The lowest BCUT2D eigenvalue weighted by atomic mass is 9.91. The zero-order chi connectivity index (χ0) is 17.9. The minimum absolute atomic E-state index is 0.0160. The van der Waals surface area contributed by atoms with Crippen LogP contribution in [0.25, 0.3) is 0 Å². The third-order valence-electron chi connectivity index (χ3n) is 4.77. The van der Waals surface area contributed by atoms with Crippen LogP contribution in [0.1, 0.15) is 44.5 Å². The fourth-order valence-corrected chi connectivity index (χ4v) is 3.26. The number of carbonyl (C=O) groups is 2. The van der Waals surface area contributed by atoms with E-state index in [0.717, 1.165) is 19.5 Å². The first-order valence-electron chi connectivity index (χ1n) is 8.74. The molecule has 132 valence electrons. The molecule has 2 amide bonds. The van der Waals surface area contributed by atoms with E-state index in [4.69, 9.17) is 5.73 Å². The number of para-hydroxylation sites is 1. The van der Waals surface area contributed by atoms with Gasteiger partial charge in [-0.05, 0) is 37.3 Å². The van der Waals surface area contributed by atoms with E-state index < -0.39 is 0 Å². The Morgan fingerprint density at radius 2 is 1.75 bits per heavy atom. The molecule has 1 fully saturated rings. The molecule has 4 atom stereocenters. The summed E-state index contributed by atoms with van der Waals surface area (Å²) in [6.45, 7) is 9.47. The summed E-state index contributed by atoms with van der Waals surface area (Å²) >= 11 is 0. The van der Waals surface area contributed by atoms with Crippen LogP contribution in [-0.4, -0.2) is 35.8 Å². The standard InChI is InChI=1S/C19H29N3O2/c1-12-9-13(2)11-22(10-12)19(24)16-7-5-6-8-17(16)21-18(23)14(3)15(4)20/h5-8,12-15H,9-11,20H2,1-4H3,(H,21,23). The third-order valence-corrected chi connectivity index (χ3v) is 4.77. The van der Waals surface area contributed by atoms with Gasteiger partial charge in [-0.1, -0.05) is 32.9 Å². The van der Waals surface area contributed by atoms with E-state index in [2.05, 4.69) is 19.2 Å². The number of rotatable bonds is 4. The van der Waals surface area contributed by atoms with Gasteiger partial charge in [0.05, 0.1) is 17.2 Å². The van der Waals surface area contributed by atoms with Crippen molar-refractivity contribution in [3.63, 3.8) is 0 Å². The second-order valence-corrected chi connectivity index (χ2v) is 7.34. The van der Waals surface area contributed by atoms with Gasteiger partial charge in [0.15, 0.2) is 0 Å². The summed E-state index contributed by atoms with van der Waals surface area (Å²) in [4.78, 5) is 27.1. The van der Waals surface area contributed by atoms with Crippen molar-refractivity contribution < 1.29 is 9.59 Å². The highest BCUT2D eigenvalue weighted by Crippen LogP contribution is 2.25. The number of carbonyl (C=O) groups excluding carboxylic acids is 2. The second kappa shape index (κ2) is 7.79. The molecule has 5 nitrogen and oxygen atoms in total. The van der Waals surface area contributed by atoms with Crippen LogP contribution in [0.5, 0.6) is 0 Å². The smallest absolute Gasteiger partial charge is 0.255 e. The van der Waals surface area contributed by atoms with Crippen molar-refractivity contribution in [3.05, 3.63) is 29.8 Å². The molecule has 1 aliphatic rings. The first-order valence-corrected chi connectivity index (χ1v) is 8.74. The van der Waals surface area contributed by atoms with E-state index in [1.54, 1.807) is 26.0 Å². The van der Waals surface area contributed by atoms with Gasteiger partial charge >= 0.3 is 0 Å². The first kappa shape index (κ1) is 18.5. The van der Waals surface area contributed by atoms with Gasteiger partial charge in [0.2, 0.25) is 5.91 Å². The van der Waals surface area contributed by atoms with Gasteiger partial charge in [0, 0.05) is 19.1 Å². The van der Waals surface area contributed by atoms with Gasteiger partial charge in [-0.25, -0.2) is 0 Å². The van der Waals surface area contributed by atoms with Crippen LogP contribution in [0.2, 0.25) is 0 Å². The average molecular weight is 331 g/mol. The lowest BCUT2D eigenvalue weighted by Crippen LogP contribution is -2.43. The topological polar surface area (TPSA) is 75.4 Å². The van der Waals surface area contributed by atoms with E-state index in [-0.39, 0.29) is 23.8 Å². The predicted octanol–water partition coefficient (Wildman–Crippen LogP) is 2.73. The summed E-state index contributed by atoms with van der Waals surface area (Å²) in [5.41, 5.74) is 6.91. The Morgan fingerprint density at radius 3 is 2.33 bits per heavy atom. The number of likely N-dealkylation sites (tertiary alicyclic amines) is 1. The molecule has 0 aromatic heterocycles. The van der Waals surface area contributed by atoms with E-state index in [1.807, 2.05) is 17.0 Å². The summed E-state index contributed by atoms with van der Waals surface area (Å²) in [6.07, 6.45) is 1.15. The molecule has 1 heterocycles. The Kier molecular flexibility index (Phi) is 5.99. The number of benzene rings is 1. The fourth-order valence-electron chi connectivity index (χ4n) is 3.26. The van der Waals surface area contributed by atoms with Crippen molar-refractivity contribution in [1.29, 1.82) is 0 Å². The number of anilines is 1. The molecular formula is C19H29N3O2.